The summed E-state index contributed by atoms with van der Waals surface area (Å²) in [6, 6.07) is 10.9. The first kappa shape index (κ1) is 17.6. The molecule has 0 saturated heterocycles. The monoisotopic (exact) mass is 355 g/mol. The zero-order chi connectivity index (χ0) is 18.7. The number of methoxy groups -OCH3 is 3. The van der Waals surface area contributed by atoms with Gasteiger partial charge in [0.2, 0.25) is 5.75 Å². The molecule has 26 heavy (non-hydrogen) atoms. The van der Waals surface area contributed by atoms with Gasteiger partial charge in [0.05, 0.1) is 33.5 Å². The molecule has 0 aliphatic carbocycles. The van der Waals surface area contributed by atoms with Crippen molar-refractivity contribution in [3.63, 3.8) is 0 Å². The number of pyridine rings is 1. The lowest BCUT2D eigenvalue weighted by atomic mass is 10.1. The highest BCUT2D eigenvalue weighted by Crippen LogP contribution is 2.40. The van der Waals surface area contributed by atoms with Gasteiger partial charge in [-0.25, -0.2) is 4.98 Å². The molecule has 4 N–H and O–H groups in total. The van der Waals surface area contributed by atoms with Crippen molar-refractivity contribution in [1.82, 2.24) is 4.98 Å². The second-order valence-corrected chi connectivity index (χ2v) is 5.60. The highest BCUT2D eigenvalue weighted by Gasteiger charge is 2.14. The van der Waals surface area contributed by atoms with Crippen molar-refractivity contribution < 1.29 is 19.3 Å². The number of anilines is 3. The highest BCUT2D eigenvalue weighted by molar-refractivity contribution is 5.93. The first-order chi connectivity index (χ1) is 12.6. The number of ether oxygens (including phenoxy) is 3. The molecule has 3 rings (SSSR count). The molecule has 3 aromatic rings. The van der Waals surface area contributed by atoms with Gasteiger partial charge in [0, 0.05) is 34.5 Å². The lowest BCUT2D eigenvalue weighted by molar-refractivity contribution is 0.282. The van der Waals surface area contributed by atoms with Gasteiger partial charge in [-0.1, -0.05) is 6.07 Å². The number of benzene rings is 2. The molecule has 0 aliphatic heterocycles. The van der Waals surface area contributed by atoms with E-state index in [1.54, 1.807) is 39.5 Å². The number of nitrogen functional groups attached to an aromatic ring is 1. The standard InChI is InChI=1S/C19H21N3O4/c1-24-15-8-12(9-16(25-2)19(15)26-3)21-17-7-5-13-14(22-17)6-4-11(10-23)18(13)20/h4-9,23H,10,20H2,1-3H3,(H,21,22). The number of fused-ring (bicyclic) bond motifs is 1. The molecule has 136 valence electrons. The molecule has 0 radical (unpaired) electrons. The molecular formula is C19H21N3O4. The predicted molar refractivity (Wildman–Crippen MR) is 101 cm³/mol. The summed E-state index contributed by atoms with van der Waals surface area (Å²) < 4.78 is 16.1. The Hall–Kier alpha value is -3.19. The van der Waals surface area contributed by atoms with Crippen molar-refractivity contribution in [1.29, 1.82) is 0 Å². The van der Waals surface area contributed by atoms with E-state index in [9.17, 15) is 5.11 Å². The van der Waals surface area contributed by atoms with E-state index >= 15 is 0 Å². The summed E-state index contributed by atoms with van der Waals surface area (Å²) in [6.45, 7) is -0.104. The molecule has 7 nitrogen and oxygen atoms in total. The number of hydrogen-bond donors (Lipinski definition) is 3. The van der Waals surface area contributed by atoms with Crippen LogP contribution in [0.25, 0.3) is 10.9 Å². The van der Waals surface area contributed by atoms with E-state index in [1.807, 2.05) is 18.2 Å². The maximum Gasteiger partial charge on any atom is 0.203 e. The zero-order valence-electron chi connectivity index (χ0n) is 14.9. The van der Waals surface area contributed by atoms with E-state index in [1.165, 1.54) is 0 Å². The molecular weight excluding hydrogens is 334 g/mol. The average molecular weight is 355 g/mol. The van der Waals surface area contributed by atoms with E-state index in [4.69, 9.17) is 19.9 Å². The molecule has 0 aliphatic rings. The van der Waals surface area contributed by atoms with Crippen LogP contribution in [0.2, 0.25) is 0 Å². The van der Waals surface area contributed by atoms with Crippen LogP contribution >= 0.6 is 0 Å². The maximum absolute atomic E-state index is 9.32. The Morgan fingerprint density at radius 3 is 2.27 bits per heavy atom. The van der Waals surface area contributed by atoms with Crippen LogP contribution in [0, 0.1) is 0 Å². The molecule has 0 unspecified atom stereocenters. The molecule has 0 saturated carbocycles. The van der Waals surface area contributed by atoms with Gasteiger partial charge in [-0.2, -0.15) is 0 Å². The number of nitrogens with two attached hydrogens (primary N) is 1. The van der Waals surface area contributed by atoms with Gasteiger partial charge in [-0.15, -0.1) is 0 Å². The van der Waals surface area contributed by atoms with E-state index in [-0.39, 0.29) is 6.61 Å². The van der Waals surface area contributed by atoms with Crippen LogP contribution in [0.3, 0.4) is 0 Å². The second-order valence-electron chi connectivity index (χ2n) is 5.60. The number of nitrogens with zero attached hydrogens (tertiary/aromatic N) is 1. The number of aromatic nitrogens is 1. The fraction of sp³-hybridized carbons (Fsp3) is 0.211. The maximum atomic E-state index is 9.32. The van der Waals surface area contributed by atoms with Crippen molar-refractivity contribution in [3.05, 3.63) is 42.0 Å². The number of rotatable bonds is 6. The Labute approximate surface area is 151 Å². The van der Waals surface area contributed by atoms with Gasteiger partial charge >= 0.3 is 0 Å². The zero-order valence-corrected chi connectivity index (χ0v) is 14.9. The molecule has 2 aromatic carbocycles. The summed E-state index contributed by atoms with van der Waals surface area (Å²) in [4.78, 5) is 4.57. The van der Waals surface area contributed by atoms with Gasteiger partial charge < -0.3 is 30.4 Å². The summed E-state index contributed by atoms with van der Waals surface area (Å²) in [5.41, 5.74) is 8.77. The van der Waals surface area contributed by atoms with E-state index < -0.39 is 0 Å². The van der Waals surface area contributed by atoms with Crippen LogP contribution < -0.4 is 25.3 Å². The molecule has 0 atom stereocenters. The van der Waals surface area contributed by atoms with Gasteiger partial charge in [0.1, 0.15) is 5.82 Å². The molecule has 7 heteroatoms. The van der Waals surface area contributed by atoms with Crippen molar-refractivity contribution in [2.75, 3.05) is 32.4 Å². The summed E-state index contributed by atoms with van der Waals surface area (Å²) in [5.74, 6) is 2.26. The van der Waals surface area contributed by atoms with Crippen molar-refractivity contribution in [2.24, 2.45) is 0 Å². The molecule has 0 spiro atoms. The number of aliphatic hydroxyl groups is 1. The fourth-order valence-electron chi connectivity index (χ4n) is 2.78. The average Bonchev–Trinajstić information content (AvgIpc) is 2.67. The van der Waals surface area contributed by atoms with Crippen molar-refractivity contribution >= 4 is 28.1 Å². The van der Waals surface area contributed by atoms with Gasteiger partial charge in [0.25, 0.3) is 0 Å². The third-order valence-corrected chi connectivity index (χ3v) is 4.11. The summed E-state index contributed by atoms with van der Waals surface area (Å²) in [5, 5.41) is 13.3. The minimum Gasteiger partial charge on any atom is -0.493 e. The molecule has 0 bridgehead atoms. The Morgan fingerprint density at radius 2 is 1.69 bits per heavy atom. The predicted octanol–water partition coefficient (Wildman–Crippen LogP) is 3.08. The van der Waals surface area contributed by atoms with Crippen LogP contribution in [-0.2, 0) is 6.61 Å². The SMILES string of the molecule is COc1cc(Nc2ccc3c(N)c(CO)ccc3n2)cc(OC)c1OC. The minimum atomic E-state index is -0.104. The highest BCUT2D eigenvalue weighted by atomic mass is 16.5. The first-order valence-corrected chi connectivity index (χ1v) is 7.97. The molecule has 1 heterocycles. The largest absolute Gasteiger partial charge is 0.493 e. The number of hydrogen-bond acceptors (Lipinski definition) is 7. The molecule has 0 amide bonds. The number of nitrogens with one attached hydrogen (secondary N) is 1. The smallest absolute Gasteiger partial charge is 0.203 e. The molecule has 0 fully saturated rings. The van der Waals surface area contributed by atoms with E-state index in [0.29, 0.717) is 34.3 Å². The Kier molecular flexibility index (Phi) is 4.99. The van der Waals surface area contributed by atoms with E-state index in [0.717, 1.165) is 16.6 Å². The van der Waals surface area contributed by atoms with Crippen molar-refractivity contribution in [2.45, 2.75) is 6.61 Å². The first-order valence-electron chi connectivity index (χ1n) is 7.97. The third-order valence-electron chi connectivity index (χ3n) is 4.11. The quantitative estimate of drug-likeness (QED) is 0.584. The normalized spacial score (nSPS) is 10.6. The van der Waals surface area contributed by atoms with Crippen LogP contribution in [0.4, 0.5) is 17.2 Å². The van der Waals surface area contributed by atoms with Crippen LogP contribution in [-0.4, -0.2) is 31.4 Å². The fourth-order valence-corrected chi connectivity index (χ4v) is 2.78. The topological polar surface area (TPSA) is 98.9 Å². The molecule has 1 aromatic heterocycles. The van der Waals surface area contributed by atoms with Crippen LogP contribution in [0.5, 0.6) is 17.2 Å². The third kappa shape index (κ3) is 3.16. The van der Waals surface area contributed by atoms with Crippen LogP contribution in [0.1, 0.15) is 5.56 Å². The second kappa shape index (κ2) is 7.37. The Morgan fingerprint density at radius 1 is 1.00 bits per heavy atom. The number of aliphatic hydroxyl groups excluding tert-OH is 1. The van der Waals surface area contributed by atoms with Gasteiger partial charge in [0.15, 0.2) is 11.5 Å². The minimum absolute atomic E-state index is 0.104. The van der Waals surface area contributed by atoms with Crippen molar-refractivity contribution in [3.8, 4) is 17.2 Å². The lowest BCUT2D eigenvalue weighted by Crippen LogP contribution is -2.00. The summed E-state index contributed by atoms with van der Waals surface area (Å²) in [7, 11) is 4.69. The summed E-state index contributed by atoms with van der Waals surface area (Å²) >= 11 is 0. The van der Waals surface area contributed by atoms with E-state index in [2.05, 4.69) is 10.3 Å². The van der Waals surface area contributed by atoms with Crippen LogP contribution in [0.15, 0.2) is 36.4 Å². The van der Waals surface area contributed by atoms with Gasteiger partial charge in [-0.3, -0.25) is 0 Å². The summed E-state index contributed by atoms with van der Waals surface area (Å²) in [6.07, 6.45) is 0. The lowest BCUT2D eigenvalue weighted by Gasteiger charge is -2.15. The Bertz CT molecular complexity index is 918. The van der Waals surface area contributed by atoms with Gasteiger partial charge in [-0.05, 0) is 18.2 Å². The Balaban J connectivity index is 1.98.